The monoisotopic (exact) mass is 190 g/mol. The highest BCUT2D eigenvalue weighted by Crippen LogP contribution is 2.12. The molecule has 0 unspecified atom stereocenters. The van der Waals surface area contributed by atoms with Crippen molar-refractivity contribution < 1.29 is 9.90 Å². The van der Waals surface area contributed by atoms with Gasteiger partial charge in [0, 0.05) is 0 Å². The number of carbonyl (C=O) groups is 1. The van der Waals surface area contributed by atoms with Crippen LogP contribution in [0.2, 0.25) is 0 Å². The minimum Gasteiger partial charge on any atom is -0.548 e. The van der Waals surface area contributed by atoms with E-state index in [-0.39, 0.29) is 0 Å². The summed E-state index contributed by atoms with van der Waals surface area (Å²) in [6, 6.07) is 8.28. The standard InChI is InChI=1S/C9H9N3O2/c10-5-7-2-1-3-8(4-7)12(11)6-9(13)14/h1-4H,6,11H2,(H,13,14)/p-1. The van der Waals surface area contributed by atoms with E-state index in [4.69, 9.17) is 11.1 Å². The Balaban J connectivity index is 2.85. The molecule has 1 aromatic carbocycles. The van der Waals surface area contributed by atoms with Gasteiger partial charge >= 0.3 is 0 Å². The Morgan fingerprint density at radius 1 is 1.64 bits per heavy atom. The van der Waals surface area contributed by atoms with Gasteiger partial charge in [-0.2, -0.15) is 5.26 Å². The molecule has 0 spiro atoms. The third kappa shape index (κ3) is 2.47. The van der Waals surface area contributed by atoms with Crippen LogP contribution in [0.5, 0.6) is 0 Å². The molecule has 0 amide bonds. The zero-order valence-electron chi connectivity index (χ0n) is 7.30. The van der Waals surface area contributed by atoms with Crippen molar-refractivity contribution in [1.82, 2.24) is 0 Å². The number of hydrogen-bond acceptors (Lipinski definition) is 5. The van der Waals surface area contributed by atoms with Crippen molar-refractivity contribution in [3.05, 3.63) is 29.8 Å². The van der Waals surface area contributed by atoms with Gasteiger partial charge in [-0.05, 0) is 18.2 Å². The largest absolute Gasteiger partial charge is 0.548 e. The van der Waals surface area contributed by atoms with Gasteiger partial charge in [0.25, 0.3) is 0 Å². The number of anilines is 1. The van der Waals surface area contributed by atoms with E-state index in [9.17, 15) is 9.90 Å². The quantitative estimate of drug-likeness (QED) is 0.486. The molecule has 2 N–H and O–H groups in total. The minimum atomic E-state index is -1.27. The van der Waals surface area contributed by atoms with Gasteiger partial charge in [-0.3, -0.25) is 0 Å². The zero-order valence-corrected chi connectivity index (χ0v) is 7.30. The normalized spacial score (nSPS) is 9.14. The van der Waals surface area contributed by atoms with Gasteiger partial charge in [0.15, 0.2) is 0 Å². The maximum absolute atomic E-state index is 10.2. The number of benzene rings is 1. The van der Waals surface area contributed by atoms with Gasteiger partial charge in [0.2, 0.25) is 0 Å². The van der Waals surface area contributed by atoms with E-state index in [1.54, 1.807) is 18.2 Å². The van der Waals surface area contributed by atoms with E-state index in [1.165, 1.54) is 6.07 Å². The number of carbonyl (C=O) groups excluding carboxylic acids is 1. The van der Waals surface area contributed by atoms with Crippen LogP contribution in [0.25, 0.3) is 0 Å². The topological polar surface area (TPSA) is 93.2 Å². The average molecular weight is 190 g/mol. The molecule has 0 aliphatic heterocycles. The molecule has 14 heavy (non-hydrogen) atoms. The van der Waals surface area contributed by atoms with E-state index >= 15 is 0 Å². The Kier molecular flexibility index (Phi) is 3.05. The second kappa shape index (κ2) is 4.25. The van der Waals surface area contributed by atoms with Crippen LogP contribution in [0, 0.1) is 11.3 Å². The Hall–Kier alpha value is -2.06. The van der Waals surface area contributed by atoms with Crippen molar-refractivity contribution in [3.8, 4) is 6.07 Å². The highest BCUT2D eigenvalue weighted by Gasteiger charge is 2.01. The fourth-order valence-corrected chi connectivity index (χ4v) is 0.984. The Morgan fingerprint density at radius 3 is 2.93 bits per heavy atom. The van der Waals surface area contributed by atoms with Gasteiger partial charge in [-0.15, -0.1) is 0 Å². The summed E-state index contributed by atoms with van der Waals surface area (Å²) >= 11 is 0. The van der Waals surface area contributed by atoms with Crippen molar-refractivity contribution in [2.75, 3.05) is 11.6 Å². The molecule has 5 nitrogen and oxygen atoms in total. The van der Waals surface area contributed by atoms with Crippen molar-refractivity contribution in [1.29, 1.82) is 5.26 Å². The summed E-state index contributed by atoms with van der Waals surface area (Å²) in [4.78, 5) is 10.2. The number of hydrogen-bond donors (Lipinski definition) is 1. The first-order chi connectivity index (χ1) is 6.63. The number of aliphatic carboxylic acids is 1. The fraction of sp³-hybridized carbons (Fsp3) is 0.111. The van der Waals surface area contributed by atoms with E-state index < -0.39 is 12.5 Å². The van der Waals surface area contributed by atoms with Crippen LogP contribution < -0.4 is 16.0 Å². The maximum atomic E-state index is 10.2. The molecule has 0 bridgehead atoms. The van der Waals surface area contributed by atoms with Crippen molar-refractivity contribution >= 4 is 11.7 Å². The lowest BCUT2D eigenvalue weighted by Crippen LogP contribution is -2.42. The molecule has 0 fully saturated rings. The van der Waals surface area contributed by atoms with Gasteiger partial charge in [-0.1, -0.05) is 6.07 Å². The van der Waals surface area contributed by atoms with E-state index in [2.05, 4.69) is 0 Å². The molecule has 1 rings (SSSR count). The van der Waals surface area contributed by atoms with Crippen molar-refractivity contribution in [3.63, 3.8) is 0 Å². The lowest BCUT2D eigenvalue weighted by atomic mass is 10.2. The summed E-state index contributed by atoms with van der Waals surface area (Å²) in [6.45, 7) is -0.408. The maximum Gasteiger partial charge on any atom is 0.0992 e. The van der Waals surface area contributed by atoms with Crippen LogP contribution in [0.1, 0.15) is 5.56 Å². The molecular weight excluding hydrogens is 182 g/mol. The number of nitriles is 1. The lowest BCUT2D eigenvalue weighted by molar-refractivity contribution is -0.303. The molecule has 0 aromatic heterocycles. The molecule has 0 radical (unpaired) electrons. The molecule has 72 valence electrons. The first-order valence-corrected chi connectivity index (χ1v) is 3.85. The van der Waals surface area contributed by atoms with E-state index in [0.717, 1.165) is 5.01 Å². The SMILES string of the molecule is N#Cc1cccc(N(N)CC(=O)[O-])c1. The van der Waals surface area contributed by atoms with Gasteiger partial charge in [0.05, 0.1) is 29.8 Å². The van der Waals surface area contributed by atoms with Crippen LogP contribution in [-0.2, 0) is 4.79 Å². The molecule has 1 aromatic rings. The second-order valence-electron chi connectivity index (χ2n) is 2.66. The number of nitrogens with two attached hydrogens (primary N) is 1. The molecule has 5 heteroatoms. The average Bonchev–Trinajstić information content (AvgIpc) is 2.17. The minimum absolute atomic E-state index is 0.408. The molecule has 0 aliphatic carbocycles. The Morgan fingerprint density at radius 2 is 2.36 bits per heavy atom. The highest BCUT2D eigenvalue weighted by molar-refractivity contribution is 5.71. The molecule has 0 saturated heterocycles. The zero-order chi connectivity index (χ0) is 10.6. The molecule has 0 saturated carbocycles. The summed E-state index contributed by atoms with van der Waals surface area (Å²) in [5.74, 6) is 4.15. The Bertz CT molecular complexity index is 384. The van der Waals surface area contributed by atoms with Crippen molar-refractivity contribution in [2.45, 2.75) is 0 Å². The lowest BCUT2D eigenvalue weighted by Gasteiger charge is -2.18. The number of carboxylic acid groups (broad SMARTS) is 1. The first-order valence-electron chi connectivity index (χ1n) is 3.85. The predicted octanol–water partition coefficient (Wildman–Crippen LogP) is -1.01. The molecular formula is C9H8N3O2-. The van der Waals surface area contributed by atoms with Gasteiger partial charge in [0.1, 0.15) is 0 Å². The number of nitrogens with zero attached hydrogens (tertiary/aromatic N) is 2. The third-order valence-electron chi connectivity index (χ3n) is 1.61. The van der Waals surface area contributed by atoms with E-state index in [1.807, 2.05) is 6.07 Å². The van der Waals surface area contributed by atoms with Crippen LogP contribution in [0.15, 0.2) is 24.3 Å². The van der Waals surface area contributed by atoms with Gasteiger partial charge in [-0.25, -0.2) is 5.84 Å². The van der Waals surface area contributed by atoms with E-state index in [0.29, 0.717) is 11.3 Å². The van der Waals surface area contributed by atoms with Crippen LogP contribution in [-0.4, -0.2) is 12.5 Å². The van der Waals surface area contributed by atoms with Crippen LogP contribution in [0.4, 0.5) is 5.69 Å². The summed E-state index contributed by atoms with van der Waals surface area (Å²) in [6.07, 6.45) is 0. The molecule has 0 aliphatic rings. The molecule has 0 atom stereocenters. The number of carboxylic acids is 1. The summed E-state index contributed by atoms with van der Waals surface area (Å²) in [7, 11) is 0. The number of rotatable bonds is 3. The van der Waals surface area contributed by atoms with Crippen LogP contribution >= 0.6 is 0 Å². The second-order valence-corrected chi connectivity index (χ2v) is 2.66. The summed E-state index contributed by atoms with van der Waals surface area (Å²) in [5, 5.41) is 19.8. The summed E-state index contributed by atoms with van der Waals surface area (Å²) in [5.41, 5.74) is 0.893. The molecule has 0 heterocycles. The first kappa shape index (κ1) is 10.0. The van der Waals surface area contributed by atoms with Crippen molar-refractivity contribution in [2.24, 2.45) is 5.84 Å². The Labute approximate surface area is 80.9 Å². The highest BCUT2D eigenvalue weighted by atomic mass is 16.4. The van der Waals surface area contributed by atoms with Crippen LogP contribution in [0.3, 0.4) is 0 Å². The number of hydrazine groups is 1. The summed E-state index contributed by atoms with van der Waals surface area (Å²) < 4.78 is 0. The fourth-order valence-electron chi connectivity index (χ4n) is 0.984. The smallest absolute Gasteiger partial charge is 0.0992 e. The predicted molar refractivity (Wildman–Crippen MR) is 47.7 cm³/mol. The third-order valence-corrected chi connectivity index (χ3v) is 1.61. The van der Waals surface area contributed by atoms with Gasteiger partial charge < -0.3 is 14.9 Å².